The summed E-state index contributed by atoms with van der Waals surface area (Å²) in [5.74, 6) is 0.580. The Hall–Kier alpha value is -1.26. The number of halogens is 2. The fourth-order valence-corrected chi connectivity index (χ4v) is 2.38. The summed E-state index contributed by atoms with van der Waals surface area (Å²) in [7, 11) is 0. The number of carbonyl (C=O) groups excluding carboxylic acids is 1. The Morgan fingerprint density at radius 1 is 1.53 bits per heavy atom. The molecule has 0 saturated carbocycles. The van der Waals surface area contributed by atoms with Crippen LogP contribution in [-0.4, -0.2) is 22.0 Å². The molecule has 0 aliphatic rings. The first-order valence-electron chi connectivity index (χ1n) is 6.10. The molecule has 0 bridgehead atoms. The van der Waals surface area contributed by atoms with Crippen molar-refractivity contribution in [2.75, 3.05) is 6.54 Å². The number of nitrogens with one attached hydrogen (secondary N) is 1. The Kier molecular flexibility index (Phi) is 4.32. The molecule has 19 heavy (non-hydrogen) atoms. The highest BCUT2D eigenvalue weighted by molar-refractivity contribution is 6.35. The van der Waals surface area contributed by atoms with E-state index in [1.807, 2.05) is 30.5 Å². The SMILES string of the molecule is CCNC(=O)Cn1c(C(C)Cl)nc2c(Cl)cccc21. The summed E-state index contributed by atoms with van der Waals surface area (Å²) in [6.45, 7) is 4.49. The molecule has 0 aliphatic heterocycles. The van der Waals surface area contributed by atoms with Crippen molar-refractivity contribution in [1.82, 2.24) is 14.9 Å². The fourth-order valence-electron chi connectivity index (χ4n) is 2.00. The minimum Gasteiger partial charge on any atom is -0.355 e. The van der Waals surface area contributed by atoms with Gasteiger partial charge < -0.3 is 9.88 Å². The number of imidazole rings is 1. The third-order valence-corrected chi connectivity index (χ3v) is 3.29. The molecule has 1 atom stereocenters. The molecule has 1 N–H and O–H groups in total. The summed E-state index contributed by atoms with van der Waals surface area (Å²) >= 11 is 12.3. The molecule has 0 spiro atoms. The van der Waals surface area contributed by atoms with E-state index >= 15 is 0 Å². The molecule has 1 unspecified atom stereocenters. The fraction of sp³-hybridized carbons (Fsp3) is 0.385. The monoisotopic (exact) mass is 299 g/mol. The zero-order valence-electron chi connectivity index (χ0n) is 10.8. The molecule has 102 valence electrons. The quantitative estimate of drug-likeness (QED) is 0.882. The number of fused-ring (bicyclic) bond motifs is 1. The van der Waals surface area contributed by atoms with Gasteiger partial charge in [-0.2, -0.15) is 0 Å². The van der Waals surface area contributed by atoms with Gasteiger partial charge in [0.15, 0.2) is 0 Å². The number of carbonyl (C=O) groups is 1. The van der Waals surface area contributed by atoms with Crippen LogP contribution in [0.1, 0.15) is 25.0 Å². The van der Waals surface area contributed by atoms with Gasteiger partial charge in [0, 0.05) is 6.54 Å². The van der Waals surface area contributed by atoms with Gasteiger partial charge in [0.05, 0.1) is 15.9 Å². The molecule has 1 amide bonds. The second-order valence-corrected chi connectivity index (χ2v) is 5.30. The normalized spacial score (nSPS) is 12.6. The number of benzene rings is 1. The summed E-state index contributed by atoms with van der Waals surface area (Å²) < 4.78 is 1.81. The van der Waals surface area contributed by atoms with Crippen molar-refractivity contribution in [3.8, 4) is 0 Å². The van der Waals surface area contributed by atoms with Crippen molar-refractivity contribution in [1.29, 1.82) is 0 Å². The standard InChI is InChI=1S/C13H15Cl2N3O/c1-3-16-11(19)7-18-10-6-4-5-9(15)12(10)17-13(18)8(2)14/h4-6,8H,3,7H2,1-2H3,(H,16,19). The van der Waals surface area contributed by atoms with Gasteiger partial charge in [-0.3, -0.25) is 4.79 Å². The van der Waals surface area contributed by atoms with Crippen LogP contribution in [0.25, 0.3) is 11.0 Å². The average Bonchev–Trinajstić information content (AvgIpc) is 2.70. The van der Waals surface area contributed by atoms with E-state index in [1.165, 1.54) is 0 Å². The zero-order chi connectivity index (χ0) is 14.0. The molecular formula is C13H15Cl2N3O. The van der Waals surface area contributed by atoms with Crippen LogP contribution in [0.2, 0.25) is 5.02 Å². The molecule has 1 heterocycles. The molecule has 0 saturated heterocycles. The van der Waals surface area contributed by atoms with Crippen LogP contribution in [0.3, 0.4) is 0 Å². The van der Waals surface area contributed by atoms with Crippen molar-refractivity contribution in [3.63, 3.8) is 0 Å². The Morgan fingerprint density at radius 2 is 2.26 bits per heavy atom. The number of amides is 1. The number of hydrogen-bond donors (Lipinski definition) is 1. The Labute approximate surface area is 121 Å². The van der Waals surface area contributed by atoms with Gasteiger partial charge in [0.2, 0.25) is 5.91 Å². The van der Waals surface area contributed by atoms with Gasteiger partial charge in [0.25, 0.3) is 0 Å². The number of nitrogens with zero attached hydrogens (tertiary/aromatic N) is 2. The minimum atomic E-state index is -0.294. The van der Waals surface area contributed by atoms with Crippen molar-refractivity contribution in [2.24, 2.45) is 0 Å². The van der Waals surface area contributed by atoms with Crippen molar-refractivity contribution in [3.05, 3.63) is 29.0 Å². The van der Waals surface area contributed by atoms with E-state index in [9.17, 15) is 4.79 Å². The average molecular weight is 300 g/mol. The molecule has 0 radical (unpaired) electrons. The first-order chi connectivity index (χ1) is 9.04. The second kappa shape index (κ2) is 5.80. The molecule has 1 aromatic heterocycles. The number of likely N-dealkylation sites (N-methyl/N-ethyl adjacent to an activating group) is 1. The van der Waals surface area contributed by atoms with E-state index in [2.05, 4.69) is 10.3 Å². The minimum absolute atomic E-state index is 0.0691. The summed E-state index contributed by atoms with van der Waals surface area (Å²) in [5.41, 5.74) is 1.50. The Bertz CT molecular complexity index is 607. The third kappa shape index (κ3) is 2.85. The summed E-state index contributed by atoms with van der Waals surface area (Å²) in [6, 6.07) is 5.50. The van der Waals surface area contributed by atoms with Crippen molar-refractivity contribution in [2.45, 2.75) is 25.8 Å². The topological polar surface area (TPSA) is 46.9 Å². The Morgan fingerprint density at radius 3 is 2.89 bits per heavy atom. The lowest BCUT2D eigenvalue weighted by Crippen LogP contribution is -2.27. The van der Waals surface area contributed by atoms with Gasteiger partial charge in [-0.1, -0.05) is 17.7 Å². The van der Waals surface area contributed by atoms with Crippen LogP contribution in [0.15, 0.2) is 18.2 Å². The third-order valence-electron chi connectivity index (χ3n) is 2.79. The smallest absolute Gasteiger partial charge is 0.239 e. The van der Waals surface area contributed by atoms with Gasteiger partial charge in [0.1, 0.15) is 17.9 Å². The van der Waals surface area contributed by atoms with E-state index < -0.39 is 0 Å². The second-order valence-electron chi connectivity index (χ2n) is 4.23. The number of alkyl halides is 1. The lowest BCUT2D eigenvalue weighted by molar-refractivity contribution is -0.121. The van der Waals surface area contributed by atoms with Gasteiger partial charge in [-0.25, -0.2) is 4.98 Å². The predicted molar refractivity (Wildman–Crippen MR) is 77.7 cm³/mol. The first-order valence-corrected chi connectivity index (χ1v) is 6.91. The summed E-state index contributed by atoms with van der Waals surface area (Å²) in [6.07, 6.45) is 0. The zero-order valence-corrected chi connectivity index (χ0v) is 12.3. The van der Waals surface area contributed by atoms with Crippen molar-refractivity contribution < 1.29 is 4.79 Å². The number of hydrogen-bond acceptors (Lipinski definition) is 2. The molecule has 6 heteroatoms. The highest BCUT2D eigenvalue weighted by atomic mass is 35.5. The molecular weight excluding hydrogens is 285 g/mol. The Balaban J connectivity index is 2.52. The maximum Gasteiger partial charge on any atom is 0.239 e. The van der Waals surface area contributed by atoms with E-state index in [1.54, 1.807) is 6.07 Å². The van der Waals surface area contributed by atoms with E-state index in [-0.39, 0.29) is 17.8 Å². The van der Waals surface area contributed by atoms with Gasteiger partial charge >= 0.3 is 0 Å². The predicted octanol–water partition coefficient (Wildman–Crippen LogP) is 3.13. The van der Waals surface area contributed by atoms with Crippen LogP contribution in [0, 0.1) is 0 Å². The summed E-state index contributed by atoms with van der Waals surface area (Å²) in [5, 5.41) is 3.03. The number of para-hydroxylation sites is 1. The van der Waals surface area contributed by atoms with Crippen LogP contribution in [0.5, 0.6) is 0 Å². The molecule has 0 aliphatic carbocycles. The van der Waals surface area contributed by atoms with Crippen LogP contribution < -0.4 is 5.32 Å². The molecule has 0 fully saturated rings. The maximum absolute atomic E-state index is 11.8. The lowest BCUT2D eigenvalue weighted by atomic mass is 10.3. The summed E-state index contributed by atoms with van der Waals surface area (Å²) in [4.78, 5) is 16.2. The molecule has 4 nitrogen and oxygen atoms in total. The van der Waals surface area contributed by atoms with Gasteiger partial charge in [-0.05, 0) is 26.0 Å². The molecule has 1 aromatic carbocycles. The number of aromatic nitrogens is 2. The van der Waals surface area contributed by atoms with E-state index in [0.29, 0.717) is 22.9 Å². The van der Waals surface area contributed by atoms with Gasteiger partial charge in [-0.15, -0.1) is 11.6 Å². The lowest BCUT2D eigenvalue weighted by Gasteiger charge is -2.10. The highest BCUT2D eigenvalue weighted by Gasteiger charge is 2.18. The first kappa shape index (κ1) is 14.2. The van der Waals surface area contributed by atoms with E-state index in [4.69, 9.17) is 23.2 Å². The molecule has 2 rings (SSSR count). The van der Waals surface area contributed by atoms with Crippen LogP contribution in [-0.2, 0) is 11.3 Å². The highest BCUT2D eigenvalue weighted by Crippen LogP contribution is 2.28. The van der Waals surface area contributed by atoms with Crippen LogP contribution >= 0.6 is 23.2 Å². The molecule has 2 aromatic rings. The van der Waals surface area contributed by atoms with E-state index in [0.717, 1.165) is 5.52 Å². The largest absolute Gasteiger partial charge is 0.355 e. The van der Waals surface area contributed by atoms with Crippen LogP contribution in [0.4, 0.5) is 0 Å². The number of rotatable bonds is 4. The van der Waals surface area contributed by atoms with Crippen molar-refractivity contribution >= 4 is 40.1 Å². The maximum atomic E-state index is 11.8.